The fraction of sp³-hybridized carbons (Fsp3) is 0.0500. The maximum atomic E-state index is 13.2. The third-order valence-electron chi connectivity index (χ3n) is 3.67. The molecule has 25 heavy (non-hydrogen) atoms. The zero-order valence-electron chi connectivity index (χ0n) is 13.2. The molecule has 3 rings (SSSR count). The summed E-state index contributed by atoms with van der Waals surface area (Å²) >= 11 is 5.71. The third-order valence-corrected chi connectivity index (χ3v) is 3.96. The fourth-order valence-corrected chi connectivity index (χ4v) is 2.70. The molecule has 2 N–H and O–H groups in total. The van der Waals surface area contributed by atoms with Crippen molar-refractivity contribution in [3.8, 4) is 5.75 Å². The van der Waals surface area contributed by atoms with E-state index in [2.05, 4.69) is 5.32 Å². The van der Waals surface area contributed by atoms with Crippen molar-refractivity contribution in [1.29, 1.82) is 0 Å². The number of phenolic OH excluding ortho intramolecular Hbond substituents is 1. The number of carbonyl (C=O) groups excluding carboxylic acids is 1. The number of carbonyl (C=O) groups is 1. The van der Waals surface area contributed by atoms with Gasteiger partial charge in [0.05, 0.1) is 5.02 Å². The third kappa shape index (κ3) is 4.37. The summed E-state index contributed by atoms with van der Waals surface area (Å²) < 4.78 is 13.2. The number of hydrogen-bond donors (Lipinski definition) is 2. The first-order valence-electron chi connectivity index (χ1n) is 7.64. The molecule has 0 bridgehead atoms. The van der Waals surface area contributed by atoms with E-state index in [1.165, 1.54) is 18.2 Å². The zero-order valence-corrected chi connectivity index (χ0v) is 13.9. The lowest BCUT2D eigenvalue weighted by Crippen LogP contribution is -2.12. The van der Waals surface area contributed by atoms with Crippen LogP contribution in [0.4, 0.5) is 10.1 Å². The lowest BCUT2D eigenvalue weighted by molar-refractivity contribution is 0.102. The van der Waals surface area contributed by atoms with Crippen molar-refractivity contribution in [2.45, 2.75) is 6.42 Å². The number of anilines is 1. The smallest absolute Gasteiger partial charge is 0.255 e. The molecule has 0 atom stereocenters. The molecule has 126 valence electrons. The van der Waals surface area contributed by atoms with Crippen LogP contribution in [0.25, 0.3) is 0 Å². The second-order valence-electron chi connectivity index (χ2n) is 5.63. The van der Waals surface area contributed by atoms with E-state index in [9.17, 15) is 14.3 Å². The molecule has 0 aliphatic heterocycles. The van der Waals surface area contributed by atoms with Gasteiger partial charge >= 0.3 is 0 Å². The van der Waals surface area contributed by atoms with Gasteiger partial charge in [-0.15, -0.1) is 0 Å². The van der Waals surface area contributed by atoms with E-state index in [0.717, 1.165) is 17.2 Å². The maximum absolute atomic E-state index is 13.2. The summed E-state index contributed by atoms with van der Waals surface area (Å²) in [5.74, 6) is -0.959. The van der Waals surface area contributed by atoms with Gasteiger partial charge in [0.15, 0.2) is 0 Å². The van der Waals surface area contributed by atoms with Gasteiger partial charge in [-0.1, -0.05) is 41.9 Å². The number of phenols is 1. The Morgan fingerprint density at radius 1 is 1.00 bits per heavy atom. The summed E-state index contributed by atoms with van der Waals surface area (Å²) in [6, 6.07) is 18.4. The monoisotopic (exact) mass is 355 g/mol. The Morgan fingerprint density at radius 3 is 2.48 bits per heavy atom. The van der Waals surface area contributed by atoms with Gasteiger partial charge in [-0.05, 0) is 47.9 Å². The molecule has 3 aromatic rings. The first kappa shape index (κ1) is 17.0. The molecule has 1 amide bonds. The van der Waals surface area contributed by atoms with E-state index in [4.69, 9.17) is 11.6 Å². The average molecular weight is 356 g/mol. The first-order chi connectivity index (χ1) is 12.0. The number of amides is 1. The van der Waals surface area contributed by atoms with Gasteiger partial charge in [-0.25, -0.2) is 4.39 Å². The van der Waals surface area contributed by atoms with Crippen LogP contribution in [-0.4, -0.2) is 11.0 Å². The lowest BCUT2D eigenvalue weighted by atomic mass is 10.0. The summed E-state index contributed by atoms with van der Waals surface area (Å²) in [4.78, 5) is 12.3. The van der Waals surface area contributed by atoms with Gasteiger partial charge in [0, 0.05) is 17.3 Å². The molecule has 0 fully saturated rings. The summed E-state index contributed by atoms with van der Waals surface area (Å²) in [5.41, 5.74) is 2.64. The normalized spacial score (nSPS) is 10.5. The lowest BCUT2D eigenvalue weighted by Gasteiger charge is -2.09. The molecule has 0 aromatic heterocycles. The van der Waals surface area contributed by atoms with E-state index in [0.29, 0.717) is 12.1 Å². The molecule has 0 spiro atoms. The Bertz CT molecular complexity index is 913. The van der Waals surface area contributed by atoms with Crippen molar-refractivity contribution >= 4 is 23.2 Å². The van der Waals surface area contributed by atoms with Crippen LogP contribution in [-0.2, 0) is 6.42 Å². The highest BCUT2D eigenvalue weighted by molar-refractivity contribution is 6.31. The highest BCUT2D eigenvalue weighted by Gasteiger charge is 2.10. The number of hydrogen-bond acceptors (Lipinski definition) is 2. The molecule has 3 nitrogen and oxygen atoms in total. The Balaban J connectivity index is 1.80. The molecule has 5 heteroatoms. The number of nitrogens with one attached hydrogen (secondary N) is 1. The van der Waals surface area contributed by atoms with Crippen LogP contribution in [0, 0.1) is 5.82 Å². The van der Waals surface area contributed by atoms with Gasteiger partial charge in [-0.3, -0.25) is 4.79 Å². The van der Waals surface area contributed by atoms with Gasteiger partial charge in [0.1, 0.15) is 11.6 Å². The Labute approximate surface area is 149 Å². The second-order valence-corrected chi connectivity index (χ2v) is 6.04. The Morgan fingerprint density at radius 2 is 1.76 bits per heavy atom. The highest BCUT2D eigenvalue weighted by Crippen LogP contribution is 2.23. The van der Waals surface area contributed by atoms with Crippen LogP contribution in [0.15, 0.2) is 66.7 Å². The largest absolute Gasteiger partial charge is 0.508 e. The van der Waals surface area contributed by atoms with Crippen LogP contribution < -0.4 is 5.32 Å². The maximum Gasteiger partial charge on any atom is 0.255 e. The molecule has 0 aliphatic rings. The van der Waals surface area contributed by atoms with Crippen molar-refractivity contribution in [3.63, 3.8) is 0 Å². The highest BCUT2D eigenvalue weighted by atomic mass is 35.5. The SMILES string of the molecule is O=C(Nc1cc(O)cc(Cc2ccccc2)c1)c1ccc(F)c(Cl)c1. The van der Waals surface area contributed by atoms with Crippen LogP contribution in [0.2, 0.25) is 5.02 Å². The summed E-state index contributed by atoms with van der Waals surface area (Å²) in [7, 11) is 0. The van der Waals surface area contributed by atoms with E-state index < -0.39 is 11.7 Å². The quantitative estimate of drug-likeness (QED) is 0.689. The molecule has 0 saturated carbocycles. The van der Waals surface area contributed by atoms with Crippen molar-refractivity contribution in [3.05, 3.63) is 94.3 Å². The van der Waals surface area contributed by atoms with E-state index in [1.54, 1.807) is 12.1 Å². The number of benzene rings is 3. The van der Waals surface area contributed by atoms with Crippen molar-refractivity contribution in [2.24, 2.45) is 0 Å². The number of rotatable bonds is 4. The van der Waals surface area contributed by atoms with E-state index in [1.807, 2.05) is 30.3 Å². The summed E-state index contributed by atoms with van der Waals surface area (Å²) in [6.07, 6.45) is 0.625. The Kier molecular flexibility index (Phi) is 5.00. The van der Waals surface area contributed by atoms with Gasteiger partial charge < -0.3 is 10.4 Å². The minimum absolute atomic E-state index is 0.0564. The first-order valence-corrected chi connectivity index (χ1v) is 8.02. The Hall–Kier alpha value is -2.85. The predicted octanol–water partition coefficient (Wildman–Crippen LogP) is 5.03. The minimum Gasteiger partial charge on any atom is -0.508 e. The minimum atomic E-state index is -0.583. The van der Waals surface area contributed by atoms with E-state index in [-0.39, 0.29) is 16.3 Å². The summed E-state index contributed by atoms with van der Waals surface area (Å²) in [6.45, 7) is 0. The van der Waals surface area contributed by atoms with Crippen LogP contribution in [0.5, 0.6) is 5.75 Å². The molecule has 0 heterocycles. The predicted molar refractivity (Wildman–Crippen MR) is 96.7 cm³/mol. The molecule has 0 saturated heterocycles. The van der Waals surface area contributed by atoms with Crippen LogP contribution in [0.1, 0.15) is 21.5 Å². The van der Waals surface area contributed by atoms with Gasteiger partial charge in [0.25, 0.3) is 5.91 Å². The van der Waals surface area contributed by atoms with Crippen LogP contribution in [0.3, 0.4) is 0 Å². The molecule has 0 aliphatic carbocycles. The number of aromatic hydroxyl groups is 1. The van der Waals surface area contributed by atoms with Gasteiger partial charge in [0.2, 0.25) is 0 Å². The second kappa shape index (κ2) is 7.36. The molecular formula is C20H15ClFNO2. The van der Waals surface area contributed by atoms with Crippen molar-refractivity contribution in [2.75, 3.05) is 5.32 Å². The molecule has 3 aromatic carbocycles. The number of halogens is 2. The zero-order chi connectivity index (χ0) is 17.8. The van der Waals surface area contributed by atoms with Gasteiger partial charge in [-0.2, -0.15) is 0 Å². The topological polar surface area (TPSA) is 49.3 Å². The molecule has 0 unspecified atom stereocenters. The standard InChI is InChI=1S/C20H15ClFNO2/c21-18-11-15(6-7-19(18)22)20(25)23-16-9-14(10-17(24)12-16)8-13-4-2-1-3-5-13/h1-7,9-12,24H,8H2,(H,23,25). The van der Waals surface area contributed by atoms with Crippen LogP contribution >= 0.6 is 11.6 Å². The average Bonchev–Trinajstić information content (AvgIpc) is 2.57. The van der Waals surface area contributed by atoms with E-state index >= 15 is 0 Å². The molecule has 0 radical (unpaired) electrons. The fourth-order valence-electron chi connectivity index (χ4n) is 2.52. The van der Waals surface area contributed by atoms with Crippen molar-refractivity contribution in [1.82, 2.24) is 0 Å². The summed E-state index contributed by atoms with van der Waals surface area (Å²) in [5, 5.41) is 12.5. The molecular weight excluding hydrogens is 341 g/mol. The van der Waals surface area contributed by atoms with Crippen molar-refractivity contribution < 1.29 is 14.3 Å².